The third-order valence-corrected chi connectivity index (χ3v) is 5.00. The van der Waals surface area contributed by atoms with Crippen LogP contribution in [0.1, 0.15) is 23.6 Å². The first kappa shape index (κ1) is 12.1. The van der Waals surface area contributed by atoms with E-state index in [1.165, 1.54) is 10.0 Å². The Balaban J connectivity index is 2.06. The van der Waals surface area contributed by atoms with Crippen LogP contribution in [0, 0.1) is 5.92 Å². The summed E-state index contributed by atoms with van der Waals surface area (Å²) in [6, 6.07) is 0. The molecule has 0 aliphatic heterocycles. The Hall–Kier alpha value is -0.930. The van der Waals surface area contributed by atoms with Gasteiger partial charge in [-0.1, -0.05) is 0 Å². The van der Waals surface area contributed by atoms with E-state index in [0.717, 1.165) is 0 Å². The van der Waals surface area contributed by atoms with Gasteiger partial charge in [0.15, 0.2) is 0 Å². The quantitative estimate of drug-likeness (QED) is 0.523. The van der Waals surface area contributed by atoms with E-state index in [0.29, 0.717) is 12.0 Å². The van der Waals surface area contributed by atoms with Crippen molar-refractivity contribution in [1.82, 2.24) is 7.99 Å². The van der Waals surface area contributed by atoms with Crippen LogP contribution < -0.4 is 26.8 Å². The van der Waals surface area contributed by atoms with Crippen LogP contribution in [0.4, 0.5) is 19.4 Å². The molecule has 1 saturated carbocycles. The van der Waals surface area contributed by atoms with Gasteiger partial charge < -0.3 is 0 Å². The van der Waals surface area contributed by atoms with Crippen LogP contribution in [0.2, 0.25) is 0 Å². The number of fused-ring (bicyclic) bond motifs is 3. The molecular formula is C10H11F2IN3O2-. The van der Waals surface area contributed by atoms with Crippen LogP contribution in [0.15, 0.2) is 0 Å². The number of methoxy groups -OCH3 is 1. The third kappa shape index (κ3) is 1.47. The van der Waals surface area contributed by atoms with Gasteiger partial charge in [-0.3, -0.25) is 0 Å². The molecule has 1 fully saturated rings. The number of nitrogens with zero attached hydrogens (tertiary/aromatic N) is 2. The molecule has 1 amide bonds. The van der Waals surface area contributed by atoms with Gasteiger partial charge in [0.1, 0.15) is 0 Å². The first-order valence-electron chi connectivity index (χ1n) is 5.37. The number of anilines is 1. The molecule has 0 spiro atoms. The van der Waals surface area contributed by atoms with E-state index >= 15 is 0 Å². The minimum absolute atomic E-state index is 0.00505. The molecule has 18 heavy (non-hydrogen) atoms. The second kappa shape index (κ2) is 3.78. The fourth-order valence-corrected chi connectivity index (χ4v) is 4.01. The van der Waals surface area contributed by atoms with Crippen LogP contribution in [0.3, 0.4) is 0 Å². The van der Waals surface area contributed by atoms with Crippen LogP contribution in [0.25, 0.3) is 0 Å². The molecule has 100 valence electrons. The molecule has 1 aromatic rings. The molecule has 0 aromatic carbocycles. The van der Waals surface area contributed by atoms with Gasteiger partial charge in [-0.2, -0.15) is 0 Å². The Morgan fingerprint density at radius 3 is 3.00 bits per heavy atom. The fraction of sp³-hybridized carbons (Fsp3) is 0.600. The molecule has 2 aliphatic carbocycles. The van der Waals surface area contributed by atoms with E-state index in [-0.39, 0.29) is 17.4 Å². The first-order valence-corrected chi connectivity index (χ1v) is 8.49. The summed E-state index contributed by atoms with van der Waals surface area (Å²) in [4.78, 5) is 13.1. The number of amides is 1. The zero-order valence-electron chi connectivity index (χ0n) is 9.71. The molecule has 5 nitrogen and oxygen atoms in total. The maximum atomic E-state index is 14.1. The standard InChI is InChI=1S/C10H11F2IN3O2/c1-13-16-7-6(4-3-5(4)10(7,11)12)8(15-16)14-9(17)18-2/h4-5H,3H2,1-2H3,(H,14,15,17)/q-1. The van der Waals surface area contributed by atoms with E-state index < -0.39 is 39.4 Å². The van der Waals surface area contributed by atoms with Gasteiger partial charge in [-0.25, -0.2) is 0 Å². The molecule has 0 bridgehead atoms. The summed E-state index contributed by atoms with van der Waals surface area (Å²) in [5, 5.41) is 6.52. The summed E-state index contributed by atoms with van der Waals surface area (Å²) in [6.45, 7) is 0. The zero-order chi connectivity index (χ0) is 13.1. The Bertz CT molecular complexity index is 531. The SMILES string of the molecule is COC(=O)Nc1nn([I-]C)c2c1C1CC1C2(F)F. The molecule has 3 rings (SSSR count). The molecule has 8 heteroatoms. The first-order chi connectivity index (χ1) is 8.50. The summed E-state index contributed by atoms with van der Waals surface area (Å²) >= 11 is -0.630. The third-order valence-electron chi connectivity index (χ3n) is 3.39. The van der Waals surface area contributed by atoms with Gasteiger partial charge in [0.25, 0.3) is 0 Å². The number of rotatable bonds is 2. The molecule has 0 radical (unpaired) electrons. The van der Waals surface area contributed by atoms with Crippen LogP contribution in [0.5, 0.6) is 0 Å². The van der Waals surface area contributed by atoms with Crippen molar-refractivity contribution in [3.8, 4) is 0 Å². The molecule has 0 saturated heterocycles. The molecule has 2 unspecified atom stereocenters. The number of ether oxygens (including phenoxy) is 1. The van der Waals surface area contributed by atoms with Gasteiger partial charge in [0.05, 0.1) is 0 Å². The van der Waals surface area contributed by atoms with Gasteiger partial charge in [0.2, 0.25) is 0 Å². The van der Waals surface area contributed by atoms with E-state index in [1.807, 2.05) is 4.93 Å². The summed E-state index contributed by atoms with van der Waals surface area (Å²) < 4.78 is 34.0. The molecule has 1 heterocycles. The van der Waals surface area contributed by atoms with Crippen molar-refractivity contribution in [3.05, 3.63) is 11.3 Å². The van der Waals surface area contributed by atoms with Crippen molar-refractivity contribution in [2.45, 2.75) is 18.3 Å². The Labute approximate surface area is 112 Å². The van der Waals surface area contributed by atoms with Crippen molar-refractivity contribution in [2.24, 2.45) is 5.92 Å². The average molecular weight is 370 g/mol. The number of halogens is 3. The van der Waals surface area contributed by atoms with E-state index in [2.05, 4.69) is 15.2 Å². The number of carbonyl (C=O) groups is 1. The van der Waals surface area contributed by atoms with Gasteiger partial charge in [-0.15, -0.1) is 0 Å². The van der Waals surface area contributed by atoms with Gasteiger partial charge in [-0.05, 0) is 0 Å². The predicted molar refractivity (Wildman–Crippen MR) is 54.3 cm³/mol. The van der Waals surface area contributed by atoms with E-state index in [1.54, 1.807) is 0 Å². The van der Waals surface area contributed by atoms with Crippen LogP contribution in [-0.4, -0.2) is 26.1 Å². The number of aromatic nitrogens is 2. The van der Waals surface area contributed by atoms with Crippen molar-refractivity contribution in [3.63, 3.8) is 0 Å². The average Bonchev–Trinajstić information content (AvgIpc) is 3.00. The summed E-state index contributed by atoms with van der Waals surface area (Å²) in [6.07, 6.45) is -0.201. The molecule has 1 N–H and O–H groups in total. The number of hydrogen-bond acceptors (Lipinski definition) is 3. The van der Waals surface area contributed by atoms with Gasteiger partial charge in [0, 0.05) is 0 Å². The minimum atomic E-state index is -2.81. The molecule has 1 aromatic heterocycles. The predicted octanol–water partition coefficient (Wildman–Crippen LogP) is -1.25. The summed E-state index contributed by atoms with van der Waals surface area (Å²) in [7, 11) is 1.23. The van der Waals surface area contributed by atoms with Crippen LogP contribution in [-0.2, 0) is 10.7 Å². The Morgan fingerprint density at radius 1 is 1.67 bits per heavy atom. The second-order valence-electron chi connectivity index (χ2n) is 4.33. The van der Waals surface area contributed by atoms with E-state index in [9.17, 15) is 13.6 Å². The zero-order valence-corrected chi connectivity index (χ0v) is 11.9. The number of alkyl halides is 3. The second-order valence-corrected chi connectivity index (χ2v) is 6.21. The number of hydrogen-bond donors (Lipinski definition) is 1. The van der Waals surface area contributed by atoms with Gasteiger partial charge >= 0.3 is 112 Å². The van der Waals surface area contributed by atoms with Crippen molar-refractivity contribution in [1.29, 1.82) is 0 Å². The Kier molecular flexibility index (Phi) is 2.55. The molecular weight excluding hydrogens is 359 g/mol. The van der Waals surface area contributed by atoms with Crippen molar-refractivity contribution >= 4 is 11.9 Å². The van der Waals surface area contributed by atoms with E-state index in [4.69, 9.17) is 0 Å². The Morgan fingerprint density at radius 2 is 2.39 bits per heavy atom. The maximum absolute atomic E-state index is 14.1. The molecule has 2 aliphatic rings. The summed E-state index contributed by atoms with van der Waals surface area (Å²) in [5.41, 5.74) is 0.516. The normalized spacial score (nSPS) is 26.7. The van der Waals surface area contributed by atoms with Crippen LogP contribution >= 0.6 is 0 Å². The molecule has 2 atom stereocenters. The summed E-state index contributed by atoms with van der Waals surface area (Å²) in [5.74, 6) is -3.33. The monoisotopic (exact) mass is 370 g/mol. The topological polar surface area (TPSA) is 56.1 Å². The number of carbonyl (C=O) groups excluding carboxylic acids is 1. The fourth-order valence-electron chi connectivity index (χ4n) is 2.51. The van der Waals surface area contributed by atoms with Crippen molar-refractivity contribution < 1.29 is 39.8 Å². The number of nitrogens with one attached hydrogen (secondary N) is 1. The van der Waals surface area contributed by atoms with Crippen molar-refractivity contribution in [2.75, 3.05) is 17.4 Å².